The number of rotatable bonds is 3. The van der Waals surface area contributed by atoms with Crippen molar-refractivity contribution in [2.24, 2.45) is 7.05 Å². The summed E-state index contributed by atoms with van der Waals surface area (Å²) in [6.45, 7) is 4.37. The minimum Gasteiger partial charge on any atom is -0.302 e. The van der Waals surface area contributed by atoms with Gasteiger partial charge in [-0.3, -0.25) is 4.68 Å². The molecule has 16 heavy (non-hydrogen) atoms. The van der Waals surface area contributed by atoms with Gasteiger partial charge in [-0.2, -0.15) is 18.3 Å². The first kappa shape index (κ1) is 13.0. The monoisotopic (exact) mass is 235 g/mol. The Balaban J connectivity index is 2.77. The Morgan fingerprint density at radius 1 is 1.38 bits per heavy atom. The number of hydrogen-bond donors (Lipinski definition) is 1. The highest BCUT2D eigenvalue weighted by Crippen LogP contribution is 2.22. The number of hydrogen-bond acceptors (Lipinski definition) is 2. The van der Waals surface area contributed by atoms with Gasteiger partial charge in [0.15, 0.2) is 0 Å². The topological polar surface area (TPSA) is 29.9 Å². The zero-order valence-corrected chi connectivity index (χ0v) is 9.81. The first-order chi connectivity index (χ1) is 7.22. The molecular formula is C10H16F3N3. The van der Waals surface area contributed by atoms with E-state index in [4.69, 9.17) is 0 Å². The van der Waals surface area contributed by atoms with Crippen LogP contribution in [0.1, 0.15) is 29.9 Å². The third-order valence-corrected chi connectivity index (χ3v) is 2.61. The van der Waals surface area contributed by atoms with Crippen molar-refractivity contribution in [1.29, 1.82) is 0 Å². The van der Waals surface area contributed by atoms with Gasteiger partial charge in [0.25, 0.3) is 0 Å². The molecule has 1 N–H and O–H groups in total. The highest BCUT2D eigenvalue weighted by atomic mass is 19.4. The molecule has 3 nitrogen and oxygen atoms in total. The normalized spacial score (nSPS) is 14.2. The Bertz CT molecular complexity index is 368. The van der Waals surface area contributed by atoms with Crippen molar-refractivity contribution in [1.82, 2.24) is 15.1 Å². The fraction of sp³-hybridized carbons (Fsp3) is 0.700. The van der Waals surface area contributed by atoms with Crippen LogP contribution >= 0.6 is 0 Å². The van der Waals surface area contributed by atoms with Crippen LogP contribution in [0.15, 0.2) is 0 Å². The molecule has 1 aromatic heterocycles. The quantitative estimate of drug-likeness (QED) is 0.870. The van der Waals surface area contributed by atoms with E-state index in [0.717, 1.165) is 17.0 Å². The molecule has 0 fully saturated rings. The third kappa shape index (κ3) is 2.98. The third-order valence-electron chi connectivity index (χ3n) is 2.61. The number of alkyl halides is 3. The molecule has 6 heteroatoms. The number of nitrogens with one attached hydrogen (secondary N) is 1. The Hall–Kier alpha value is -1.04. The number of nitrogens with zero attached hydrogens (tertiary/aromatic N) is 2. The molecule has 0 aliphatic carbocycles. The van der Waals surface area contributed by atoms with Crippen molar-refractivity contribution < 1.29 is 13.2 Å². The Morgan fingerprint density at radius 3 is 2.31 bits per heavy atom. The zero-order chi connectivity index (χ0) is 12.5. The van der Waals surface area contributed by atoms with Crippen LogP contribution in [-0.4, -0.2) is 22.5 Å². The van der Waals surface area contributed by atoms with Crippen molar-refractivity contribution in [3.63, 3.8) is 0 Å². The van der Waals surface area contributed by atoms with Crippen molar-refractivity contribution in [3.05, 3.63) is 17.0 Å². The standard InChI is InChI=1S/C10H16F3N3/c1-6(14-5-10(11,12)13)9-7(2)15-16(4)8(9)3/h6,14H,5H2,1-4H3. The molecule has 92 valence electrons. The van der Waals surface area contributed by atoms with E-state index < -0.39 is 12.7 Å². The van der Waals surface area contributed by atoms with Crippen LogP contribution in [-0.2, 0) is 7.05 Å². The van der Waals surface area contributed by atoms with Gasteiger partial charge in [0, 0.05) is 24.3 Å². The van der Waals surface area contributed by atoms with Gasteiger partial charge in [-0.05, 0) is 20.8 Å². The van der Waals surface area contributed by atoms with E-state index in [1.807, 2.05) is 6.92 Å². The average Bonchev–Trinajstić information content (AvgIpc) is 2.36. The molecule has 0 aromatic carbocycles. The molecule has 0 saturated carbocycles. The Labute approximate surface area is 92.6 Å². The minimum absolute atomic E-state index is 0.352. The van der Waals surface area contributed by atoms with Gasteiger partial charge in [-0.1, -0.05) is 0 Å². The maximum absolute atomic E-state index is 12.1. The molecule has 0 saturated heterocycles. The van der Waals surface area contributed by atoms with Crippen LogP contribution in [0.5, 0.6) is 0 Å². The highest BCUT2D eigenvalue weighted by molar-refractivity contribution is 5.27. The number of halogens is 3. The lowest BCUT2D eigenvalue weighted by molar-refractivity contribution is -0.126. The summed E-state index contributed by atoms with van der Waals surface area (Å²) < 4.78 is 37.8. The van der Waals surface area contributed by atoms with Gasteiger partial charge >= 0.3 is 6.18 Å². The second-order valence-corrected chi connectivity index (χ2v) is 3.93. The average molecular weight is 235 g/mol. The number of aryl methyl sites for hydroxylation is 2. The first-order valence-electron chi connectivity index (χ1n) is 5.02. The Kier molecular flexibility index (Phi) is 3.62. The van der Waals surface area contributed by atoms with Crippen molar-refractivity contribution >= 4 is 0 Å². The van der Waals surface area contributed by atoms with E-state index in [1.165, 1.54) is 0 Å². The van der Waals surface area contributed by atoms with E-state index in [1.54, 1.807) is 25.6 Å². The molecule has 0 amide bonds. The SMILES string of the molecule is Cc1nn(C)c(C)c1C(C)NCC(F)(F)F. The van der Waals surface area contributed by atoms with Crippen molar-refractivity contribution in [2.75, 3.05) is 6.54 Å². The lowest BCUT2D eigenvalue weighted by Gasteiger charge is -2.16. The highest BCUT2D eigenvalue weighted by Gasteiger charge is 2.28. The van der Waals surface area contributed by atoms with Gasteiger partial charge < -0.3 is 5.32 Å². The van der Waals surface area contributed by atoms with Crippen LogP contribution in [0.3, 0.4) is 0 Å². The molecule has 0 radical (unpaired) electrons. The van der Waals surface area contributed by atoms with E-state index >= 15 is 0 Å². The second kappa shape index (κ2) is 4.45. The lowest BCUT2D eigenvalue weighted by atomic mass is 10.1. The minimum atomic E-state index is -4.18. The summed E-state index contributed by atoms with van der Waals surface area (Å²) in [6.07, 6.45) is -4.18. The van der Waals surface area contributed by atoms with Crippen LogP contribution in [0, 0.1) is 13.8 Å². The fourth-order valence-corrected chi connectivity index (χ4v) is 1.79. The summed E-state index contributed by atoms with van der Waals surface area (Å²) in [7, 11) is 1.78. The van der Waals surface area contributed by atoms with Crippen LogP contribution < -0.4 is 5.32 Å². The van der Waals surface area contributed by atoms with Gasteiger partial charge in [0.2, 0.25) is 0 Å². The van der Waals surface area contributed by atoms with E-state index in [9.17, 15) is 13.2 Å². The van der Waals surface area contributed by atoms with Crippen LogP contribution in [0.2, 0.25) is 0 Å². The molecule has 1 heterocycles. The summed E-state index contributed by atoms with van der Waals surface area (Å²) in [5, 5.41) is 6.63. The summed E-state index contributed by atoms with van der Waals surface area (Å²) in [4.78, 5) is 0. The second-order valence-electron chi connectivity index (χ2n) is 3.93. The molecule has 1 atom stereocenters. The summed E-state index contributed by atoms with van der Waals surface area (Å²) in [5.74, 6) is 0. The van der Waals surface area contributed by atoms with Crippen molar-refractivity contribution in [3.8, 4) is 0 Å². The van der Waals surface area contributed by atoms with Crippen LogP contribution in [0.25, 0.3) is 0 Å². The predicted molar refractivity (Wildman–Crippen MR) is 55.2 cm³/mol. The Morgan fingerprint density at radius 2 is 1.94 bits per heavy atom. The van der Waals surface area contributed by atoms with E-state index in [-0.39, 0.29) is 6.04 Å². The lowest BCUT2D eigenvalue weighted by Crippen LogP contribution is -2.31. The van der Waals surface area contributed by atoms with Gasteiger partial charge in [-0.25, -0.2) is 0 Å². The summed E-state index contributed by atoms with van der Waals surface area (Å²) in [6, 6.07) is -0.352. The molecule has 1 unspecified atom stereocenters. The maximum Gasteiger partial charge on any atom is 0.401 e. The molecular weight excluding hydrogens is 219 g/mol. The smallest absolute Gasteiger partial charge is 0.302 e. The zero-order valence-electron chi connectivity index (χ0n) is 9.81. The molecule has 0 spiro atoms. The predicted octanol–water partition coefficient (Wildman–Crippen LogP) is 2.25. The molecule has 1 rings (SSSR count). The molecule has 1 aromatic rings. The maximum atomic E-state index is 12.1. The van der Waals surface area contributed by atoms with E-state index in [0.29, 0.717) is 0 Å². The van der Waals surface area contributed by atoms with Gasteiger partial charge in [0.05, 0.1) is 12.2 Å². The largest absolute Gasteiger partial charge is 0.401 e. The first-order valence-corrected chi connectivity index (χ1v) is 5.02. The number of aromatic nitrogens is 2. The molecule has 0 bridgehead atoms. The molecule has 0 aliphatic heterocycles. The van der Waals surface area contributed by atoms with Gasteiger partial charge in [-0.15, -0.1) is 0 Å². The fourth-order valence-electron chi connectivity index (χ4n) is 1.79. The van der Waals surface area contributed by atoms with Crippen LogP contribution in [0.4, 0.5) is 13.2 Å². The summed E-state index contributed by atoms with van der Waals surface area (Å²) >= 11 is 0. The molecule has 0 aliphatic rings. The van der Waals surface area contributed by atoms with Crippen molar-refractivity contribution in [2.45, 2.75) is 33.0 Å². The van der Waals surface area contributed by atoms with E-state index in [2.05, 4.69) is 10.4 Å². The summed E-state index contributed by atoms with van der Waals surface area (Å²) in [5.41, 5.74) is 2.49. The van der Waals surface area contributed by atoms with Gasteiger partial charge in [0.1, 0.15) is 0 Å².